The standard InChI is InChI=1S/C11H16F4O5S/c12-10(11(13,14)15,21(17,18)19)9(16)20-7-3-6-8-4-1-2-5-8/h8H,1-7H2,(H,17,18,19). The lowest BCUT2D eigenvalue weighted by atomic mass is 10.0. The van der Waals surface area contributed by atoms with Crippen LogP contribution in [0.5, 0.6) is 0 Å². The predicted octanol–water partition coefficient (Wildman–Crippen LogP) is 2.62. The van der Waals surface area contributed by atoms with Gasteiger partial charge in [0.2, 0.25) is 0 Å². The summed E-state index contributed by atoms with van der Waals surface area (Å²) in [5, 5.41) is -5.45. The van der Waals surface area contributed by atoms with E-state index in [0.29, 0.717) is 12.3 Å². The van der Waals surface area contributed by atoms with E-state index in [1.165, 1.54) is 0 Å². The second-order valence-corrected chi connectivity index (χ2v) is 6.51. The molecule has 0 radical (unpaired) electrons. The summed E-state index contributed by atoms with van der Waals surface area (Å²) in [5.41, 5.74) is 0. The first-order valence-electron chi connectivity index (χ1n) is 6.40. The number of carbonyl (C=O) groups is 1. The Morgan fingerprint density at radius 2 is 1.71 bits per heavy atom. The van der Waals surface area contributed by atoms with Crippen LogP contribution in [0, 0.1) is 5.92 Å². The van der Waals surface area contributed by atoms with Crippen molar-refractivity contribution in [1.29, 1.82) is 0 Å². The van der Waals surface area contributed by atoms with Crippen LogP contribution in [0.3, 0.4) is 0 Å². The van der Waals surface area contributed by atoms with E-state index in [1.54, 1.807) is 0 Å². The molecule has 0 aromatic carbocycles. The Morgan fingerprint density at radius 3 is 2.14 bits per heavy atom. The van der Waals surface area contributed by atoms with Crippen LogP contribution in [-0.2, 0) is 19.6 Å². The summed E-state index contributed by atoms with van der Waals surface area (Å²) in [6.45, 7) is -0.535. The lowest BCUT2D eigenvalue weighted by Crippen LogP contribution is -2.55. The molecule has 0 saturated heterocycles. The molecule has 0 spiro atoms. The van der Waals surface area contributed by atoms with Gasteiger partial charge in [0.15, 0.2) is 0 Å². The number of hydrogen-bond acceptors (Lipinski definition) is 4. The molecule has 10 heteroatoms. The zero-order valence-electron chi connectivity index (χ0n) is 11.0. The third-order valence-corrected chi connectivity index (χ3v) is 4.56. The van der Waals surface area contributed by atoms with Crippen LogP contribution >= 0.6 is 0 Å². The number of rotatable bonds is 6. The lowest BCUT2D eigenvalue weighted by molar-refractivity contribution is -0.215. The highest BCUT2D eigenvalue weighted by atomic mass is 32.2. The Hall–Kier alpha value is -0.900. The van der Waals surface area contributed by atoms with Crippen molar-refractivity contribution in [3.8, 4) is 0 Å². The van der Waals surface area contributed by atoms with Gasteiger partial charge in [0.25, 0.3) is 0 Å². The Bertz CT molecular complexity index is 469. The molecule has 1 aliphatic rings. The van der Waals surface area contributed by atoms with E-state index < -0.39 is 33.9 Å². The van der Waals surface area contributed by atoms with Gasteiger partial charge in [-0.25, -0.2) is 9.18 Å². The number of esters is 1. The molecule has 1 fully saturated rings. The highest BCUT2D eigenvalue weighted by Crippen LogP contribution is 2.39. The van der Waals surface area contributed by atoms with Gasteiger partial charge in [0.05, 0.1) is 6.61 Å². The Labute approximate surface area is 119 Å². The minimum atomic E-state index is -6.34. The molecule has 1 N–H and O–H groups in total. The molecule has 21 heavy (non-hydrogen) atoms. The van der Waals surface area contributed by atoms with E-state index in [1.807, 2.05) is 0 Å². The quantitative estimate of drug-likeness (QED) is 0.349. The summed E-state index contributed by atoms with van der Waals surface area (Å²) in [5.74, 6) is -2.27. The summed E-state index contributed by atoms with van der Waals surface area (Å²) in [6, 6.07) is 0. The molecule has 1 atom stereocenters. The van der Waals surface area contributed by atoms with E-state index >= 15 is 0 Å². The van der Waals surface area contributed by atoms with Crippen LogP contribution in [0.15, 0.2) is 0 Å². The maximum Gasteiger partial charge on any atom is 0.451 e. The summed E-state index contributed by atoms with van der Waals surface area (Å²) in [4.78, 5) is 11.1. The first kappa shape index (κ1) is 18.1. The Balaban J connectivity index is 2.58. The van der Waals surface area contributed by atoms with Crippen LogP contribution in [0.4, 0.5) is 17.6 Å². The molecule has 0 heterocycles. The first-order chi connectivity index (χ1) is 9.50. The highest BCUT2D eigenvalue weighted by Gasteiger charge is 2.72. The third-order valence-electron chi connectivity index (χ3n) is 3.45. The van der Waals surface area contributed by atoms with Crippen LogP contribution in [0.2, 0.25) is 0 Å². The maximum atomic E-state index is 13.5. The van der Waals surface area contributed by atoms with Gasteiger partial charge in [-0.15, -0.1) is 0 Å². The minimum Gasteiger partial charge on any atom is -0.462 e. The second-order valence-electron chi connectivity index (χ2n) is 5.00. The van der Waals surface area contributed by atoms with Crippen molar-refractivity contribution in [3.63, 3.8) is 0 Å². The van der Waals surface area contributed by atoms with E-state index in [2.05, 4.69) is 4.74 Å². The van der Waals surface area contributed by atoms with E-state index in [4.69, 9.17) is 4.55 Å². The Kier molecular flexibility index (Phi) is 5.59. The Morgan fingerprint density at radius 1 is 1.19 bits per heavy atom. The van der Waals surface area contributed by atoms with Crippen molar-refractivity contribution in [2.45, 2.75) is 49.7 Å². The van der Waals surface area contributed by atoms with Crippen molar-refractivity contribution in [3.05, 3.63) is 0 Å². The lowest BCUT2D eigenvalue weighted by Gasteiger charge is -2.22. The molecule has 0 bridgehead atoms. The van der Waals surface area contributed by atoms with E-state index in [0.717, 1.165) is 25.7 Å². The van der Waals surface area contributed by atoms with Gasteiger partial charge in [-0.2, -0.15) is 21.6 Å². The molecule has 1 saturated carbocycles. The fourth-order valence-electron chi connectivity index (χ4n) is 2.30. The van der Waals surface area contributed by atoms with E-state index in [-0.39, 0.29) is 6.42 Å². The van der Waals surface area contributed by atoms with Crippen LogP contribution in [-0.4, -0.2) is 36.7 Å². The molecule has 1 unspecified atom stereocenters. The fourth-order valence-corrected chi connectivity index (χ4v) is 2.86. The van der Waals surface area contributed by atoms with Crippen LogP contribution in [0.25, 0.3) is 0 Å². The summed E-state index contributed by atoms with van der Waals surface area (Å²) >= 11 is 0. The third kappa shape index (κ3) is 4.06. The number of halogens is 4. The van der Waals surface area contributed by atoms with Crippen LogP contribution in [0.1, 0.15) is 38.5 Å². The second kappa shape index (κ2) is 6.47. The van der Waals surface area contributed by atoms with Gasteiger partial charge >= 0.3 is 27.3 Å². The zero-order valence-corrected chi connectivity index (χ0v) is 11.8. The highest BCUT2D eigenvalue weighted by molar-refractivity contribution is 7.88. The fraction of sp³-hybridized carbons (Fsp3) is 0.909. The van der Waals surface area contributed by atoms with Gasteiger partial charge in [-0.05, 0) is 18.8 Å². The SMILES string of the molecule is O=C(OCCCC1CCCC1)C(F)(C(F)(F)F)S(=O)(=O)O. The average molecular weight is 336 g/mol. The van der Waals surface area contributed by atoms with Gasteiger partial charge in [0, 0.05) is 0 Å². The average Bonchev–Trinajstić information content (AvgIpc) is 2.83. The minimum absolute atomic E-state index is 0.204. The van der Waals surface area contributed by atoms with Gasteiger partial charge in [0.1, 0.15) is 0 Å². The maximum absolute atomic E-state index is 13.5. The predicted molar refractivity (Wildman–Crippen MR) is 63.6 cm³/mol. The van der Waals surface area contributed by atoms with Crippen molar-refractivity contribution < 1.29 is 40.1 Å². The van der Waals surface area contributed by atoms with Crippen molar-refractivity contribution >= 4 is 16.1 Å². The first-order valence-corrected chi connectivity index (χ1v) is 7.84. The summed E-state index contributed by atoms with van der Waals surface area (Å²) < 4.78 is 84.1. The molecule has 1 rings (SSSR count). The summed E-state index contributed by atoms with van der Waals surface area (Å²) in [7, 11) is -6.34. The van der Waals surface area contributed by atoms with Gasteiger partial charge < -0.3 is 4.74 Å². The molecule has 124 valence electrons. The zero-order chi connectivity index (χ0) is 16.3. The molecular formula is C11H16F4O5S. The van der Waals surface area contributed by atoms with Crippen molar-refractivity contribution in [2.24, 2.45) is 5.92 Å². The largest absolute Gasteiger partial charge is 0.462 e. The van der Waals surface area contributed by atoms with Gasteiger partial charge in [-0.3, -0.25) is 4.55 Å². The molecule has 0 aromatic rings. The molecule has 0 amide bonds. The van der Waals surface area contributed by atoms with Crippen molar-refractivity contribution in [1.82, 2.24) is 0 Å². The number of alkyl halides is 4. The monoisotopic (exact) mass is 336 g/mol. The van der Waals surface area contributed by atoms with Crippen molar-refractivity contribution in [2.75, 3.05) is 6.61 Å². The van der Waals surface area contributed by atoms with E-state index in [9.17, 15) is 30.8 Å². The normalized spacial score (nSPS) is 20.2. The molecule has 0 aliphatic heterocycles. The topological polar surface area (TPSA) is 80.7 Å². The number of hydrogen-bond donors (Lipinski definition) is 1. The molecule has 5 nitrogen and oxygen atoms in total. The number of carbonyl (C=O) groups excluding carboxylic acids is 1. The smallest absolute Gasteiger partial charge is 0.451 e. The summed E-state index contributed by atoms with van der Waals surface area (Å²) in [6.07, 6.45) is -1.23. The molecular weight excluding hydrogens is 320 g/mol. The molecule has 1 aliphatic carbocycles. The van der Waals surface area contributed by atoms with Crippen LogP contribution < -0.4 is 0 Å². The van der Waals surface area contributed by atoms with Gasteiger partial charge in [-0.1, -0.05) is 25.7 Å². The number of ether oxygens (including phenoxy) is 1. The molecule has 0 aromatic heterocycles.